The Bertz CT molecular complexity index is 1920. The zero-order valence-electron chi connectivity index (χ0n) is 21.2. The number of sulfonamides is 1. The number of hydrogen-bond donors (Lipinski definition) is 2. The van der Waals surface area contributed by atoms with Gasteiger partial charge >= 0.3 is 0 Å². The number of anilines is 1. The third kappa shape index (κ3) is 5.75. The largest absolute Gasteiger partial charge is 0.321 e. The van der Waals surface area contributed by atoms with Crippen molar-refractivity contribution in [1.29, 1.82) is 0 Å². The molecule has 0 saturated heterocycles. The number of nitrogens with zero attached hydrogens (tertiary/aromatic N) is 5. The summed E-state index contributed by atoms with van der Waals surface area (Å²) in [6.45, 7) is 0. The summed E-state index contributed by atoms with van der Waals surface area (Å²) in [5.74, 6) is -1.13. The minimum absolute atomic E-state index is 0.0512. The fourth-order valence-corrected chi connectivity index (χ4v) is 4.75. The van der Waals surface area contributed by atoms with Crippen LogP contribution in [0.25, 0.3) is 27.4 Å². The van der Waals surface area contributed by atoms with Crippen LogP contribution in [-0.4, -0.2) is 29.9 Å². The summed E-state index contributed by atoms with van der Waals surface area (Å²) in [6.07, 6.45) is 0. The normalized spacial score (nSPS) is 11.0. The summed E-state index contributed by atoms with van der Waals surface area (Å²) < 4.78 is 24.7. The van der Waals surface area contributed by atoms with Gasteiger partial charge in [-0.05, 0) is 41.9 Å². The molecule has 0 bridgehead atoms. The number of rotatable bonds is 8. The average Bonchev–Trinajstić information content (AvgIpc) is 3.39. The molecule has 0 aliphatic heterocycles. The number of hydrogen-bond acceptors (Lipinski definition) is 6. The summed E-state index contributed by atoms with van der Waals surface area (Å²) in [6, 6.07) is 29.4. The van der Waals surface area contributed by atoms with E-state index in [4.69, 9.17) is 10.7 Å². The lowest BCUT2D eigenvalue weighted by molar-refractivity contribution is 0.0993. The van der Waals surface area contributed by atoms with Crippen LogP contribution in [0.2, 0.25) is 0 Å². The molecule has 4 aromatic carbocycles. The third-order valence-electron chi connectivity index (χ3n) is 6.09. The van der Waals surface area contributed by atoms with Crippen LogP contribution in [0.5, 0.6) is 0 Å². The first-order chi connectivity index (χ1) is 19.8. The third-order valence-corrected chi connectivity index (χ3v) is 7.02. The quantitative estimate of drug-likeness (QED) is 0.108. The first-order valence-corrected chi connectivity index (χ1v) is 13.7. The molecule has 1 aromatic heterocycles. The standard InChI is InChI=1S/C29H21N7O4S/c30-35-33-22-12-7-13-23(18-22)36-27(19-8-3-1-4-9-19)25(28(37)20-10-5-2-6-11-20)26(34-36)29(38)32-21-14-16-24(17-15-21)41(31,39)40/h1-18H,(H,32,38)(H2,31,39,40). The summed E-state index contributed by atoms with van der Waals surface area (Å²) in [5, 5.41) is 16.1. The minimum Gasteiger partial charge on any atom is -0.321 e. The van der Waals surface area contributed by atoms with Crippen molar-refractivity contribution in [2.75, 3.05) is 5.32 Å². The van der Waals surface area contributed by atoms with Gasteiger partial charge in [0, 0.05) is 27.4 Å². The van der Waals surface area contributed by atoms with Crippen LogP contribution in [0, 0.1) is 0 Å². The Morgan fingerprint density at radius 2 is 1.54 bits per heavy atom. The van der Waals surface area contributed by atoms with Gasteiger partial charge < -0.3 is 5.32 Å². The molecule has 0 aliphatic carbocycles. The number of amides is 1. The van der Waals surface area contributed by atoms with E-state index in [2.05, 4.69) is 20.4 Å². The van der Waals surface area contributed by atoms with Gasteiger partial charge in [-0.25, -0.2) is 18.2 Å². The van der Waals surface area contributed by atoms with Crippen LogP contribution in [0.4, 0.5) is 11.4 Å². The van der Waals surface area contributed by atoms with Gasteiger partial charge in [-0.2, -0.15) is 5.10 Å². The molecule has 1 heterocycles. The number of carbonyl (C=O) groups is 2. The van der Waals surface area contributed by atoms with E-state index in [9.17, 15) is 18.0 Å². The van der Waals surface area contributed by atoms with Crippen LogP contribution in [0.3, 0.4) is 0 Å². The Morgan fingerprint density at radius 1 is 0.878 bits per heavy atom. The van der Waals surface area contributed by atoms with Crippen molar-refractivity contribution in [1.82, 2.24) is 9.78 Å². The van der Waals surface area contributed by atoms with Crippen LogP contribution in [0.1, 0.15) is 26.4 Å². The zero-order valence-corrected chi connectivity index (χ0v) is 22.1. The highest BCUT2D eigenvalue weighted by molar-refractivity contribution is 7.89. The first-order valence-electron chi connectivity index (χ1n) is 12.1. The molecule has 0 fully saturated rings. The van der Waals surface area contributed by atoms with Gasteiger partial charge in [0.2, 0.25) is 10.0 Å². The average molecular weight is 564 g/mol. The van der Waals surface area contributed by atoms with Crippen molar-refractivity contribution in [2.45, 2.75) is 4.90 Å². The number of carbonyl (C=O) groups excluding carboxylic acids is 2. The van der Waals surface area contributed by atoms with E-state index in [1.54, 1.807) is 78.9 Å². The Balaban J connectivity index is 1.72. The van der Waals surface area contributed by atoms with Crippen molar-refractivity contribution in [3.05, 3.63) is 136 Å². The van der Waals surface area contributed by atoms with E-state index < -0.39 is 21.7 Å². The van der Waals surface area contributed by atoms with E-state index >= 15 is 0 Å². The maximum Gasteiger partial charge on any atom is 0.276 e. The smallest absolute Gasteiger partial charge is 0.276 e. The number of ketones is 1. The lowest BCUT2D eigenvalue weighted by atomic mass is 9.97. The fraction of sp³-hybridized carbons (Fsp3) is 0. The number of nitrogens with two attached hydrogens (primary N) is 1. The molecule has 0 spiro atoms. The molecule has 0 radical (unpaired) electrons. The van der Waals surface area contributed by atoms with Gasteiger partial charge in [-0.3, -0.25) is 9.59 Å². The van der Waals surface area contributed by atoms with E-state index in [0.717, 1.165) is 0 Å². The number of aromatic nitrogens is 2. The summed E-state index contributed by atoms with van der Waals surface area (Å²) >= 11 is 0. The van der Waals surface area contributed by atoms with Crippen molar-refractivity contribution in [2.24, 2.45) is 10.3 Å². The second kappa shape index (κ2) is 11.3. The Kier molecular flexibility index (Phi) is 7.44. The van der Waals surface area contributed by atoms with Gasteiger partial charge in [0.25, 0.3) is 5.91 Å². The second-order valence-corrected chi connectivity index (χ2v) is 10.3. The number of benzene rings is 4. The molecule has 202 valence electrons. The predicted octanol–water partition coefficient (Wildman–Crippen LogP) is 5.61. The number of nitrogens with one attached hydrogen (secondary N) is 1. The minimum atomic E-state index is -3.92. The van der Waals surface area contributed by atoms with Crippen molar-refractivity contribution >= 4 is 33.1 Å². The maximum absolute atomic E-state index is 14.0. The van der Waals surface area contributed by atoms with E-state index in [1.165, 1.54) is 28.9 Å². The van der Waals surface area contributed by atoms with Crippen molar-refractivity contribution < 1.29 is 18.0 Å². The molecule has 12 heteroatoms. The monoisotopic (exact) mass is 563 g/mol. The zero-order chi connectivity index (χ0) is 29.0. The highest BCUT2D eigenvalue weighted by Gasteiger charge is 2.30. The Morgan fingerprint density at radius 3 is 2.17 bits per heavy atom. The summed E-state index contributed by atoms with van der Waals surface area (Å²) in [4.78, 5) is 30.4. The van der Waals surface area contributed by atoms with Crippen LogP contribution < -0.4 is 10.5 Å². The maximum atomic E-state index is 14.0. The summed E-state index contributed by atoms with van der Waals surface area (Å²) in [5.41, 5.74) is 11.2. The van der Waals surface area contributed by atoms with E-state index in [0.29, 0.717) is 28.2 Å². The van der Waals surface area contributed by atoms with Crippen molar-refractivity contribution in [3.63, 3.8) is 0 Å². The van der Waals surface area contributed by atoms with Crippen molar-refractivity contribution in [3.8, 4) is 16.9 Å². The molecule has 5 aromatic rings. The molecule has 1 amide bonds. The molecule has 0 saturated carbocycles. The fourth-order valence-electron chi connectivity index (χ4n) is 4.23. The topological polar surface area (TPSA) is 173 Å². The Labute approximate surface area is 234 Å². The van der Waals surface area contributed by atoms with Crippen LogP contribution in [0.15, 0.2) is 119 Å². The highest BCUT2D eigenvalue weighted by Crippen LogP contribution is 2.33. The molecule has 0 aliphatic rings. The predicted molar refractivity (Wildman–Crippen MR) is 153 cm³/mol. The van der Waals surface area contributed by atoms with Gasteiger partial charge in [0.15, 0.2) is 11.5 Å². The molecule has 0 unspecified atom stereocenters. The van der Waals surface area contributed by atoms with E-state index in [-0.39, 0.29) is 21.8 Å². The lowest BCUT2D eigenvalue weighted by Crippen LogP contribution is -2.17. The molecular formula is C29H21N7O4S. The van der Waals surface area contributed by atoms with Gasteiger partial charge in [0.05, 0.1) is 21.8 Å². The highest BCUT2D eigenvalue weighted by atomic mass is 32.2. The lowest BCUT2D eigenvalue weighted by Gasteiger charge is -2.11. The molecule has 11 nitrogen and oxygen atoms in total. The van der Waals surface area contributed by atoms with Gasteiger partial charge in [-0.1, -0.05) is 77.9 Å². The molecule has 0 atom stereocenters. The molecular weight excluding hydrogens is 542 g/mol. The Hall–Kier alpha value is -5.55. The number of azide groups is 1. The summed E-state index contributed by atoms with van der Waals surface area (Å²) in [7, 11) is -3.92. The van der Waals surface area contributed by atoms with Crippen LogP contribution in [-0.2, 0) is 10.0 Å². The van der Waals surface area contributed by atoms with Gasteiger partial charge in [0.1, 0.15) is 0 Å². The SMILES string of the molecule is [N-]=[N+]=Nc1cccc(-n2nc(C(=O)Nc3ccc(S(N)(=O)=O)cc3)c(C(=O)c3ccccc3)c2-c2ccccc2)c1. The second-order valence-electron chi connectivity index (χ2n) is 8.78. The van der Waals surface area contributed by atoms with Gasteiger partial charge in [-0.15, -0.1) is 0 Å². The van der Waals surface area contributed by atoms with E-state index in [1.807, 2.05) is 6.07 Å². The molecule has 41 heavy (non-hydrogen) atoms. The molecule has 3 N–H and O–H groups in total. The first kappa shape index (κ1) is 27.0. The molecule has 5 rings (SSSR count). The van der Waals surface area contributed by atoms with Crippen LogP contribution >= 0.6 is 0 Å². The number of primary sulfonamides is 1.